The van der Waals surface area contributed by atoms with E-state index in [2.05, 4.69) is 58.4 Å². The maximum absolute atomic E-state index is 5.81. The number of hydrogen-bond acceptors (Lipinski definition) is 3. The maximum atomic E-state index is 5.81. The van der Waals surface area contributed by atoms with E-state index in [4.69, 9.17) is 5.84 Å². The Morgan fingerprint density at radius 1 is 1.38 bits per heavy atom. The molecule has 1 saturated carbocycles. The van der Waals surface area contributed by atoms with E-state index in [1.54, 1.807) is 0 Å². The molecule has 0 amide bonds. The third kappa shape index (κ3) is 3.17. The average Bonchev–Trinajstić information content (AvgIpc) is 3.20. The van der Waals surface area contributed by atoms with Gasteiger partial charge in [0, 0.05) is 31.4 Å². The Kier molecular flexibility index (Phi) is 4.36. The molecule has 112 valence electrons. The van der Waals surface area contributed by atoms with Gasteiger partial charge < -0.3 is 4.57 Å². The van der Waals surface area contributed by atoms with Crippen molar-refractivity contribution < 1.29 is 0 Å². The minimum absolute atomic E-state index is 0.299. The zero-order chi connectivity index (χ0) is 14.7. The van der Waals surface area contributed by atoms with Gasteiger partial charge in [0.2, 0.25) is 0 Å². The Morgan fingerprint density at radius 2 is 2.19 bits per heavy atom. The number of benzene rings is 1. The van der Waals surface area contributed by atoms with Crippen LogP contribution >= 0.6 is 0 Å². The first-order valence-corrected chi connectivity index (χ1v) is 7.84. The summed E-state index contributed by atoms with van der Waals surface area (Å²) in [7, 11) is 0. The first-order chi connectivity index (χ1) is 10.3. The largest absolute Gasteiger partial charge is 0.335 e. The average molecular weight is 284 g/mol. The Bertz CT molecular complexity index is 563. The van der Waals surface area contributed by atoms with Crippen molar-refractivity contribution in [3.8, 4) is 0 Å². The van der Waals surface area contributed by atoms with E-state index >= 15 is 0 Å². The Morgan fingerprint density at radius 3 is 2.90 bits per heavy atom. The van der Waals surface area contributed by atoms with Crippen LogP contribution in [-0.4, -0.2) is 15.6 Å². The fourth-order valence-electron chi connectivity index (χ4n) is 3.25. The molecule has 3 rings (SSSR count). The second-order valence-electron chi connectivity index (χ2n) is 5.93. The van der Waals surface area contributed by atoms with Gasteiger partial charge in [-0.3, -0.25) is 11.3 Å². The molecule has 0 bridgehead atoms. The molecule has 0 radical (unpaired) electrons. The number of aromatic nitrogens is 2. The minimum atomic E-state index is 0.299. The van der Waals surface area contributed by atoms with Crippen molar-refractivity contribution in [2.24, 2.45) is 11.8 Å². The molecule has 21 heavy (non-hydrogen) atoms. The predicted molar refractivity (Wildman–Crippen MR) is 84.6 cm³/mol. The summed E-state index contributed by atoms with van der Waals surface area (Å²) in [5.74, 6) is 8.20. The standard InChI is InChI=1S/C17H24N4/c1-2-9-21-10-8-19-17(21)12-16(20-18)15-11-14(15)13-6-4-3-5-7-13/h3-8,10,14-16,20H,2,9,11-12,18H2,1H3. The fraction of sp³-hybridized carbons (Fsp3) is 0.471. The molecule has 3 N–H and O–H groups in total. The molecule has 3 atom stereocenters. The fourth-order valence-corrected chi connectivity index (χ4v) is 3.25. The van der Waals surface area contributed by atoms with Gasteiger partial charge >= 0.3 is 0 Å². The van der Waals surface area contributed by atoms with Gasteiger partial charge in [0.15, 0.2) is 0 Å². The van der Waals surface area contributed by atoms with Crippen molar-refractivity contribution in [2.75, 3.05) is 0 Å². The summed E-state index contributed by atoms with van der Waals surface area (Å²) in [6.45, 7) is 3.22. The summed E-state index contributed by atoms with van der Waals surface area (Å²) < 4.78 is 2.24. The van der Waals surface area contributed by atoms with Gasteiger partial charge in [0.1, 0.15) is 5.82 Å². The van der Waals surface area contributed by atoms with Gasteiger partial charge in [-0.25, -0.2) is 4.98 Å². The molecule has 1 aliphatic carbocycles. The molecule has 1 aliphatic rings. The van der Waals surface area contributed by atoms with Gasteiger partial charge in [-0.15, -0.1) is 0 Å². The lowest BCUT2D eigenvalue weighted by atomic mass is 10.0. The van der Waals surface area contributed by atoms with Crippen molar-refractivity contribution in [1.29, 1.82) is 0 Å². The molecule has 4 nitrogen and oxygen atoms in total. The molecule has 4 heteroatoms. The van der Waals surface area contributed by atoms with E-state index in [9.17, 15) is 0 Å². The zero-order valence-electron chi connectivity index (χ0n) is 12.6. The third-order valence-corrected chi connectivity index (χ3v) is 4.47. The van der Waals surface area contributed by atoms with E-state index < -0.39 is 0 Å². The van der Waals surface area contributed by atoms with Crippen LogP contribution < -0.4 is 11.3 Å². The number of aryl methyl sites for hydroxylation is 1. The highest BCUT2D eigenvalue weighted by Gasteiger charge is 2.43. The van der Waals surface area contributed by atoms with E-state index in [0.29, 0.717) is 17.9 Å². The van der Waals surface area contributed by atoms with Crippen molar-refractivity contribution in [1.82, 2.24) is 15.0 Å². The van der Waals surface area contributed by atoms with Crippen LogP contribution in [0.4, 0.5) is 0 Å². The van der Waals surface area contributed by atoms with Crippen LogP contribution in [0, 0.1) is 5.92 Å². The molecule has 1 aromatic carbocycles. The number of rotatable bonds is 7. The van der Waals surface area contributed by atoms with Crippen LogP contribution in [-0.2, 0) is 13.0 Å². The van der Waals surface area contributed by atoms with Gasteiger partial charge in [-0.1, -0.05) is 37.3 Å². The van der Waals surface area contributed by atoms with Crippen molar-refractivity contribution in [2.45, 2.75) is 44.7 Å². The quantitative estimate of drug-likeness (QED) is 0.606. The molecular formula is C17H24N4. The summed E-state index contributed by atoms with van der Waals surface area (Å²) in [6, 6.07) is 11.0. The van der Waals surface area contributed by atoms with Crippen LogP contribution in [0.15, 0.2) is 42.7 Å². The second kappa shape index (κ2) is 6.41. The van der Waals surface area contributed by atoms with E-state index in [1.165, 1.54) is 12.0 Å². The van der Waals surface area contributed by atoms with E-state index in [-0.39, 0.29) is 0 Å². The zero-order valence-corrected chi connectivity index (χ0v) is 12.6. The minimum Gasteiger partial charge on any atom is -0.335 e. The maximum Gasteiger partial charge on any atom is 0.110 e. The molecule has 1 heterocycles. The third-order valence-electron chi connectivity index (χ3n) is 4.47. The molecule has 2 aromatic rings. The van der Waals surface area contributed by atoms with Crippen molar-refractivity contribution in [3.05, 3.63) is 54.1 Å². The Balaban J connectivity index is 1.65. The number of imidazole rings is 1. The first-order valence-electron chi connectivity index (χ1n) is 7.84. The smallest absolute Gasteiger partial charge is 0.110 e. The number of nitrogens with two attached hydrogens (primary N) is 1. The Hall–Kier alpha value is -1.65. The van der Waals surface area contributed by atoms with Gasteiger partial charge in [0.05, 0.1) is 0 Å². The van der Waals surface area contributed by atoms with Crippen LogP contribution in [0.5, 0.6) is 0 Å². The summed E-state index contributed by atoms with van der Waals surface area (Å²) >= 11 is 0. The SMILES string of the molecule is CCCn1ccnc1CC(NN)C1CC1c1ccccc1. The summed E-state index contributed by atoms with van der Waals surface area (Å²) in [6.07, 6.45) is 7.19. The monoisotopic (exact) mass is 284 g/mol. The summed E-state index contributed by atoms with van der Waals surface area (Å²) in [5, 5.41) is 0. The Labute approximate surface area is 126 Å². The lowest BCUT2D eigenvalue weighted by Gasteiger charge is -2.16. The van der Waals surface area contributed by atoms with Crippen molar-refractivity contribution in [3.63, 3.8) is 0 Å². The number of nitrogens with one attached hydrogen (secondary N) is 1. The molecule has 1 fully saturated rings. The first kappa shape index (κ1) is 14.3. The van der Waals surface area contributed by atoms with Gasteiger partial charge in [0.25, 0.3) is 0 Å². The van der Waals surface area contributed by atoms with Crippen LogP contribution in [0.3, 0.4) is 0 Å². The van der Waals surface area contributed by atoms with E-state index in [0.717, 1.165) is 25.2 Å². The lowest BCUT2D eigenvalue weighted by Crippen LogP contribution is -2.39. The highest BCUT2D eigenvalue weighted by atomic mass is 15.2. The highest BCUT2D eigenvalue weighted by molar-refractivity contribution is 5.27. The molecular weight excluding hydrogens is 260 g/mol. The van der Waals surface area contributed by atoms with Gasteiger partial charge in [-0.2, -0.15) is 0 Å². The molecule has 0 saturated heterocycles. The normalized spacial score (nSPS) is 22.2. The molecule has 1 aromatic heterocycles. The summed E-state index contributed by atoms with van der Waals surface area (Å²) in [5.41, 5.74) is 4.45. The summed E-state index contributed by atoms with van der Waals surface area (Å²) in [4.78, 5) is 4.50. The van der Waals surface area contributed by atoms with Crippen LogP contribution in [0.1, 0.15) is 37.1 Å². The van der Waals surface area contributed by atoms with Crippen LogP contribution in [0.25, 0.3) is 0 Å². The van der Waals surface area contributed by atoms with Gasteiger partial charge in [-0.05, 0) is 30.2 Å². The molecule has 3 unspecified atom stereocenters. The topological polar surface area (TPSA) is 55.9 Å². The number of nitrogens with zero attached hydrogens (tertiary/aromatic N) is 2. The lowest BCUT2D eigenvalue weighted by molar-refractivity contribution is 0.446. The van der Waals surface area contributed by atoms with E-state index in [1.807, 2.05) is 6.20 Å². The van der Waals surface area contributed by atoms with Crippen LogP contribution in [0.2, 0.25) is 0 Å². The second-order valence-corrected chi connectivity index (χ2v) is 5.93. The molecule has 0 spiro atoms. The number of hydrogen-bond donors (Lipinski definition) is 2. The predicted octanol–water partition coefficient (Wildman–Crippen LogP) is 2.47. The molecule has 0 aliphatic heterocycles. The highest BCUT2D eigenvalue weighted by Crippen LogP contribution is 2.49. The number of hydrazine groups is 1. The van der Waals surface area contributed by atoms with Crippen molar-refractivity contribution >= 4 is 0 Å².